The fraction of sp³-hybridized carbons (Fsp3) is 0.600. The van der Waals surface area contributed by atoms with Crippen LogP contribution in [0.1, 0.15) is 55.8 Å². The Labute approximate surface area is 112 Å². The molecule has 0 heterocycles. The Morgan fingerprint density at radius 2 is 1.82 bits per heavy atom. The summed E-state index contributed by atoms with van der Waals surface area (Å²) in [5.41, 5.74) is 2.29. The van der Waals surface area contributed by atoms with Gasteiger partial charge in [-0.05, 0) is 42.9 Å². The Balaban J connectivity index is 2.17. The number of halogens is 1. The van der Waals surface area contributed by atoms with Gasteiger partial charge in [-0.1, -0.05) is 53.7 Å². The molecule has 1 aliphatic rings. The Morgan fingerprint density at radius 1 is 1.18 bits per heavy atom. The topological polar surface area (TPSA) is 20.2 Å². The molecule has 2 rings (SSSR count). The van der Waals surface area contributed by atoms with Crippen molar-refractivity contribution in [2.45, 2.75) is 51.6 Å². The van der Waals surface area contributed by atoms with Crippen molar-refractivity contribution >= 4 is 15.9 Å². The summed E-state index contributed by atoms with van der Waals surface area (Å²) in [6, 6.07) is 6.13. The largest absolute Gasteiger partial charge is 0.388 e. The lowest BCUT2D eigenvalue weighted by Gasteiger charge is -2.23. The summed E-state index contributed by atoms with van der Waals surface area (Å²) in [7, 11) is 0. The van der Waals surface area contributed by atoms with Crippen LogP contribution in [0.25, 0.3) is 0 Å². The average Bonchev–Trinajstić information content (AvgIpc) is 2.60. The SMILES string of the molecule is Cc1c(Br)cccc1C(O)C1CCCCCC1. The number of benzene rings is 1. The van der Waals surface area contributed by atoms with Gasteiger partial charge in [0.05, 0.1) is 6.10 Å². The van der Waals surface area contributed by atoms with Gasteiger partial charge in [0.25, 0.3) is 0 Å². The van der Waals surface area contributed by atoms with Crippen molar-refractivity contribution in [1.82, 2.24) is 0 Å². The molecular weight excluding hydrogens is 276 g/mol. The molecule has 1 nitrogen and oxygen atoms in total. The fourth-order valence-electron chi connectivity index (χ4n) is 2.83. The van der Waals surface area contributed by atoms with Crippen LogP contribution < -0.4 is 0 Å². The second-order valence-corrected chi connectivity index (χ2v) is 6.00. The van der Waals surface area contributed by atoms with E-state index in [-0.39, 0.29) is 6.10 Å². The Hall–Kier alpha value is -0.340. The van der Waals surface area contributed by atoms with Crippen LogP contribution in [-0.2, 0) is 0 Å². The van der Waals surface area contributed by atoms with Crippen molar-refractivity contribution < 1.29 is 5.11 Å². The number of rotatable bonds is 2. The molecule has 1 atom stereocenters. The van der Waals surface area contributed by atoms with E-state index in [1.54, 1.807) is 0 Å². The monoisotopic (exact) mass is 296 g/mol. The molecule has 1 saturated carbocycles. The molecule has 0 spiro atoms. The normalized spacial score (nSPS) is 19.9. The summed E-state index contributed by atoms with van der Waals surface area (Å²) >= 11 is 3.54. The molecule has 17 heavy (non-hydrogen) atoms. The van der Waals surface area contributed by atoms with E-state index in [4.69, 9.17) is 0 Å². The van der Waals surface area contributed by atoms with Crippen molar-refractivity contribution in [2.75, 3.05) is 0 Å². The first-order chi connectivity index (χ1) is 8.20. The van der Waals surface area contributed by atoms with Crippen molar-refractivity contribution in [3.8, 4) is 0 Å². The molecule has 1 aromatic carbocycles. The van der Waals surface area contributed by atoms with E-state index in [9.17, 15) is 5.11 Å². The fourth-order valence-corrected chi connectivity index (χ4v) is 3.21. The minimum Gasteiger partial charge on any atom is -0.388 e. The van der Waals surface area contributed by atoms with Crippen LogP contribution in [-0.4, -0.2) is 5.11 Å². The van der Waals surface area contributed by atoms with E-state index in [0.717, 1.165) is 10.0 Å². The van der Waals surface area contributed by atoms with Crippen LogP contribution in [0.2, 0.25) is 0 Å². The second-order valence-electron chi connectivity index (χ2n) is 5.15. The van der Waals surface area contributed by atoms with Crippen LogP contribution in [0.4, 0.5) is 0 Å². The molecule has 1 aliphatic carbocycles. The highest BCUT2D eigenvalue weighted by Gasteiger charge is 2.23. The third-order valence-corrected chi connectivity index (χ3v) is 4.83. The first-order valence-electron chi connectivity index (χ1n) is 6.63. The summed E-state index contributed by atoms with van der Waals surface area (Å²) in [4.78, 5) is 0. The molecule has 0 bridgehead atoms. The molecule has 2 heteroatoms. The van der Waals surface area contributed by atoms with Gasteiger partial charge in [-0.3, -0.25) is 0 Å². The molecule has 1 fully saturated rings. The number of hydrogen-bond donors (Lipinski definition) is 1. The van der Waals surface area contributed by atoms with Gasteiger partial charge in [0.1, 0.15) is 0 Å². The van der Waals surface area contributed by atoms with Gasteiger partial charge in [-0.15, -0.1) is 0 Å². The molecule has 0 radical (unpaired) electrons. The molecule has 94 valence electrons. The predicted molar refractivity (Wildman–Crippen MR) is 75.0 cm³/mol. The van der Waals surface area contributed by atoms with Crippen LogP contribution in [0.5, 0.6) is 0 Å². The molecule has 0 saturated heterocycles. The lowest BCUT2D eigenvalue weighted by molar-refractivity contribution is 0.0981. The minimum atomic E-state index is -0.286. The quantitative estimate of drug-likeness (QED) is 0.780. The molecule has 0 aromatic heterocycles. The van der Waals surface area contributed by atoms with E-state index in [1.165, 1.54) is 44.1 Å². The molecule has 1 aromatic rings. The summed E-state index contributed by atoms with van der Waals surface area (Å²) in [5.74, 6) is 0.450. The van der Waals surface area contributed by atoms with Crippen LogP contribution >= 0.6 is 15.9 Å². The third-order valence-electron chi connectivity index (χ3n) is 3.97. The Morgan fingerprint density at radius 3 is 2.47 bits per heavy atom. The maximum Gasteiger partial charge on any atom is 0.0821 e. The lowest BCUT2D eigenvalue weighted by atomic mass is 9.88. The van der Waals surface area contributed by atoms with Crippen molar-refractivity contribution in [2.24, 2.45) is 5.92 Å². The minimum absolute atomic E-state index is 0.286. The van der Waals surface area contributed by atoms with Crippen molar-refractivity contribution in [1.29, 1.82) is 0 Å². The van der Waals surface area contributed by atoms with E-state index < -0.39 is 0 Å². The first-order valence-corrected chi connectivity index (χ1v) is 7.42. The molecule has 0 amide bonds. The summed E-state index contributed by atoms with van der Waals surface area (Å²) in [6.07, 6.45) is 7.27. The maximum atomic E-state index is 10.6. The van der Waals surface area contributed by atoms with Crippen LogP contribution in [0, 0.1) is 12.8 Å². The molecular formula is C15H21BrO. The van der Waals surface area contributed by atoms with Crippen molar-refractivity contribution in [3.05, 3.63) is 33.8 Å². The summed E-state index contributed by atoms with van der Waals surface area (Å²) in [5, 5.41) is 10.6. The Bertz CT molecular complexity index is 367. The van der Waals surface area contributed by atoms with Gasteiger partial charge >= 0.3 is 0 Å². The van der Waals surface area contributed by atoms with Crippen LogP contribution in [0.15, 0.2) is 22.7 Å². The van der Waals surface area contributed by atoms with E-state index in [0.29, 0.717) is 5.92 Å². The average molecular weight is 297 g/mol. The van der Waals surface area contributed by atoms with E-state index in [1.807, 2.05) is 12.1 Å². The highest BCUT2D eigenvalue weighted by Crippen LogP contribution is 2.36. The lowest BCUT2D eigenvalue weighted by Crippen LogP contribution is -2.13. The van der Waals surface area contributed by atoms with Gasteiger partial charge < -0.3 is 5.11 Å². The van der Waals surface area contributed by atoms with E-state index >= 15 is 0 Å². The predicted octanol–water partition coefficient (Wildman–Crippen LogP) is 4.76. The van der Waals surface area contributed by atoms with Gasteiger partial charge in [-0.2, -0.15) is 0 Å². The zero-order valence-corrected chi connectivity index (χ0v) is 12.0. The van der Waals surface area contributed by atoms with Gasteiger partial charge in [-0.25, -0.2) is 0 Å². The van der Waals surface area contributed by atoms with Gasteiger partial charge in [0, 0.05) is 4.47 Å². The number of aliphatic hydroxyl groups is 1. The standard InChI is InChI=1S/C15H21BrO/c1-11-13(9-6-10-14(11)16)15(17)12-7-4-2-3-5-8-12/h6,9-10,12,15,17H,2-5,7-8H2,1H3. The second kappa shape index (κ2) is 6.01. The molecule has 0 aliphatic heterocycles. The zero-order chi connectivity index (χ0) is 12.3. The Kier molecular flexibility index (Phi) is 4.63. The van der Waals surface area contributed by atoms with Crippen molar-refractivity contribution in [3.63, 3.8) is 0 Å². The highest BCUT2D eigenvalue weighted by molar-refractivity contribution is 9.10. The molecule has 1 unspecified atom stereocenters. The highest BCUT2D eigenvalue weighted by atomic mass is 79.9. The third kappa shape index (κ3) is 3.11. The number of aliphatic hydroxyl groups excluding tert-OH is 1. The molecule has 1 N–H and O–H groups in total. The zero-order valence-electron chi connectivity index (χ0n) is 10.5. The number of hydrogen-bond acceptors (Lipinski definition) is 1. The maximum absolute atomic E-state index is 10.6. The summed E-state index contributed by atoms with van der Waals surface area (Å²) < 4.78 is 1.10. The first kappa shape index (κ1) is 13.1. The van der Waals surface area contributed by atoms with Crippen LogP contribution in [0.3, 0.4) is 0 Å². The van der Waals surface area contributed by atoms with Gasteiger partial charge in [0.15, 0.2) is 0 Å². The smallest absolute Gasteiger partial charge is 0.0821 e. The van der Waals surface area contributed by atoms with E-state index in [2.05, 4.69) is 28.9 Å². The van der Waals surface area contributed by atoms with Gasteiger partial charge in [0.2, 0.25) is 0 Å². The summed E-state index contributed by atoms with van der Waals surface area (Å²) in [6.45, 7) is 2.08.